The highest BCUT2D eigenvalue weighted by Crippen LogP contribution is 2.37. The van der Waals surface area contributed by atoms with Crippen molar-refractivity contribution in [2.75, 3.05) is 27.4 Å². The molecule has 2 heterocycles. The fourth-order valence-electron chi connectivity index (χ4n) is 3.81. The molecular formula is C22H26N2O3. The molecular weight excluding hydrogens is 340 g/mol. The van der Waals surface area contributed by atoms with Gasteiger partial charge >= 0.3 is 0 Å². The molecule has 0 unspecified atom stereocenters. The van der Waals surface area contributed by atoms with E-state index in [1.54, 1.807) is 14.2 Å². The van der Waals surface area contributed by atoms with Crippen LogP contribution in [0, 0.1) is 0 Å². The minimum atomic E-state index is 0.0984. The third-order valence-corrected chi connectivity index (χ3v) is 5.14. The lowest BCUT2D eigenvalue weighted by Gasteiger charge is -2.25. The van der Waals surface area contributed by atoms with E-state index in [1.165, 1.54) is 16.6 Å². The third-order valence-electron chi connectivity index (χ3n) is 5.14. The van der Waals surface area contributed by atoms with Crippen molar-refractivity contribution in [2.45, 2.75) is 25.8 Å². The second-order valence-electron chi connectivity index (χ2n) is 6.82. The van der Waals surface area contributed by atoms with E-state index in [0.717, 1.165) is 47.7 Å². The number of hydrogen-bond donors (Lipinski definition) is 2. The summed E-state index contributed by atoms with van der Waals surface area (Å²) in [6.07, 6.45) is 1.96. The van der Waals surface area contributed by atoms with Crippen molar-refractivity contribution in [1.82, 2.24) is 10.3 Å². The van der Waals surface area contributed by atoms with Crippen molar-refractivity contribution in [1.29, 1.82) is 0 Å². The standard InChI is InChI=1S/C22H26N2O3/c1-4-11-27-19-8-5-14(12-20(19)26-3)21-22-16(9-10-23-21)17-13-15(25-2)6-7-18(17)24-22/h5-8,12-13,21,23-24H,4,9-11H2,1-3H3/t21-/m0/s1. The zero-order chi connectivity index (χ0) is 18.8. The average molecular weight is 366 g/mol. The van der Waals surface area contributed by atoms with Gasteiger partial charge in [0.1, 0.15) is 5.75 Å². The van der Waals surface area contributed by atoms with Crippen molar-refractivity contribution < 1.29 is 14.2 Å². The third kappa shape index (κ3) is 3.23. The first-order valence-electron chi connectivity index (χ1n) is 9.47. The van der Waals surface area contributed by atoms with Crippen LogP contribution in [0.15, 0.2) is 36.4 Å². The molecule has 0 amide bonds. The molecule has 27 heavy (non-hydrogen) atoms. The van der Waals surface area contributed by atoms with Gasteiger partial charge in [-0.1, -0.05) is 13.0 Å². The van der Waals surface area contributed by atoms with Gasteiger partial charge in [-0.25, -0.2) is 0 Å². The van der Waals surface area contributed by atoms with Gasteiger partial charge < -0.3 is 24.5 Å². The second kappa shape index (κ2) is 7.53. The van der Waals surface area contributed by atoms with Crippen LogP contribution >= 0.6 is 0 Å². The van der Waals surface area contributed by atoms with Gasteiger partial charge in [-0.05, 0) is 54.3 Å². The minimum absolute atomic E-state index is 0.0984. The molecule has 142 valence electrons. The number of H-pyrrole nitrogens is 1. The first-order chi connectivity index (χ1) is 13.2. The summed E-state index contributed by atoms with van der Waals surface area (Å²) in [5.41, 5.74) is 4.88. The molecule has 0 saturated carbocycles. The fourth-order valence-corrected chi connectivity index (χ4v) is 3.81. The maximum absolute atomic E-state index is 5.80. The number of aromatic amines is 1. The van der Waals surface area contributed by atoms with Crippen LogP contribution in [0.1, 0.15) is 36.2 Å². The Labute approximate surface area is 159 Å². The number of ether oxygens (including phenoxy) is 3. The highest BCUT2D eigenvalue weighted by atomic mass is 16.5. The second-order valence-corrected chi connectivity index (χ2v) is 6.82. The lowest BCUT2D eigenvalue weighted by Crippen LogP contribution is -2.30. The van der Waals surface area contributed by atoms with Gasteiger partial charge in [-0.2, -0.15) is 0 Å². The van der Waals surface area contributed by atoms with Gasteiger partial charge in [0.15, 0.2) is 11.5 Å². The minimum Gasteiger partial charge on any atom is -0.497 e. The molecule has 4 rings (SSSR count). The van der Waals surface area contributed by atoms with Crippen LogP contribution in [-0.4, -0.2) is 32.4 Å². The summed E-state index contributed by atoms with van der Waals surface area (Å²) in [5, 5.41) is 4.88. The van der Waals surface area contributed by atoms with E-state index in [1.807, 2.05) is 12.1 Å². The quantitative estimate of drug-likeness (QED) is 0.686. The van der Waals surface area contributed by atoms with Crippen LogP contribution < -0.4 is 19.5 Å². The summed E-state index contributed by atoms with van der Waals surface area (Å²) in [4.78, 5) is 3.61. The summed E-state index contributed by atoms with van der Waals surface area (Å²) in [6.45, 7) is 3.71. The van der Waals surface area contributed by atoms with Gasteiger partial charge in [0.05, 0.1) is 26.9 Å². The van der Waals surface area contributed by atoms with Crippen LogP contribution in [0.4, 0.5) is 0 Å². The summed E-state index contributed by atoms with van der Waals surface area (Å²) < 4.78 is 16.8. The van der Waals surface area contributed by atoms with E-state index < -0.39 is 0 Å². The first-order valence-corrected chi connectivity index (χ1v) is 9.47. The van der Waals surface area contributed by atoms with E-state index >= 15 is 0 Å². The summed E-state index contributed by atoms with van der Waals surface area (Å²) in [5.74, 6) is 2.45. The highest BCUT2D eigenvalue weighted by Gasteiger charge is 2.26. The number of fused-ring (bicyclic) bond motifs is 3. The predicted octanol–water partition coefficient (Wildman–Crippen LogP) is 4.21. The molecule has 2 N–H and O–H groups in total. The van der Waals surface area contributed by atoms with Crippen LogP contribution in [0.25, 0.3) is 10.9 Å². The monoisotopic (exact) mass is 366 g/mol. The van der Waals surface area contributed by atoms with Gasteiger partial charge in [-0.3, -0.25) is 0 Å². The molecule has 5 nitrogen and oxygen atoms in total. The van der Waals surface area contributed by atoms with Crippen molar-refractivity contribution >= 4 is 10.9 Å². The molecule has 1 atom stereocenters. The Balaban J connectivity index is 1.74. The molecule has 5 heteroatoms. The Morgan fingerprint density at radius 1 is 1.04 bits per heavy atom. The van der Waals surface area contributed by atoms with Crippen molar-refractivity contribution in [2.24, 2.45) is 0 Å². The lowest BCUT2D eigenvalue weighted by atomic mass is 9.94. The maximum Gasteiger partial charge on any atom is 0.161 e. The smallest absolute Gasteiger partial charge is 0.161 e. The number of nitrogens with one attached hydrogen (secondary N) is 2. The van der Waals surface area contributed by atoms with Crippen LogP contribution in [0.5, 0.6) is 17.2 Å². The molecule has 1 aliphatic heterocycles. The Morgan fingerprint density at radius 3 is 2.70 bits per heavy atom. The fraction of sp³-hybridized carbons (Fsp3) is 0.364. The number of benzene rings is 2. The molecule has 0 fully saturated rings. The van der Waals surface area contributed by atoms with Crippen molar-refractivity contribution in [3.8, 4) is 17.2 Å². The summed E-state index contributed by atoms with van der Waals surface area (Å²) in [7, 11) is 3.39. The Hall–Kier alpha value is -2.66. The molecule has 0 radical (unpaired) electrons. The van der Waals surface area contributed by atoms with E-state index in [9.17, 15) is 0 Å². The van der Waals surface area contributed by atoms with Crippen LogP contribution in [-0.2, 0) is 6.42 Å². The lowest BCUT2D eigenvalue weighted by molar-refractivity contribution is 0.294. The summed E-state index contributed by atoms with van der Waals surface area (Å²) >= 11 is 0. The highest BCUT2D eigenvalue weighted by molar-refractivity contribution is 5.86. The number of aromatic nitrogens is 1. The number of methoxy groups -OCH3 is 2. The molecule has 0 spiro atoms. The summed E-state index contributed by atoms with van der Waals surface area (Å²) in [6, 6.07) is 12.5. The van der Waals surface area contributed by atoms with Crippen molar-refractivity contribution in [3.63, 3.8) is 0 Å². The number of rotatable bonds is 6. The topological polar surface area (TPSA) is 55.5 Å². The zero-order valence-corrected chi connectivity index (χ0v) is 16.1. The number of hydrogen-bond acceptors (Lipinski definition) is 4. The van der Waals surface area contributed by atoms with Crippen LogP contribution in [0.2, 0.25) is 0 Å². The van der Waals surface area contributed by atoms with Gasteiger partial charge in [0, 0.05) is 23.1 Å². The zero-order valence-electron chi connectivity index (χ0n) is 16.1. The van der Waals surface area contributed by atoms with E-state index in [-0.39, 0.29) is 6.04 Å². The van der Waals surface area contributed by atoms with Gasteiger partial charge in [0.2, 0.25) is 0 Å². The Kier molecular flexibility index (Phi) is 4.94. The SMILES string of the molecule is CCCOc1ccc([C@@H]2NCCc3c2[nH]c2ccc(OC)cc32)cc1OC. The first kappa shape index (κ1) is 17.7. The molecule has 3 aromatic rings. The Morgan fingerprint density at radius 2 is 1.93 bits per heavy atom. The normalized spacial score (nSPS) is 16.2. The predicted molar refractivity (Wildman–Crippen MR) is 107 cm³/mol. The largest absolute Gasteiger partial charge is 0.497 e. The van der Waals surface area contributed by atoms with E-state index in [2.05, 4.69) is 41.5 Å². The van der Waals surface area contributed by atoms with Crippen molar-refractivity contribution in [3.05, 3.63) is 53.2 Å². The molecule has 1 aromatic heterocycles. The Bertz CT molecular complexity index is 948. The molecule has 0 bridgehead atoms. The average Bonchev–Trinajstić information content (AvgIpc) is 3.10. The molecule has 0 saturated heterocycles. The van der Waals surface area contributed by atoms with E-state index in [0.29, 0.717) is 6.61 Å². The molecule has 2 aromatic carbocycles. The van der Waals surface area contributed by atoms with Crippen LogP contribution in [0.3, 0.4) is 0 Å². The van der Waals surface area contributed by atoms with Gasteiger partial charge in [0.25, 0.3) is 0 Å². The molecule has 1 aliphatic rings. The van der Waals surface area contributed by atoms with E-state index in [4.69, 9.17) is 14.2 Å². The molecule has 0 aliphatic carbocycles. The maximum atomic E-state index is 5.80. The van der Waals surface area contributed by atoms with Gasteiger partial charge in [-0.15, -0.1) is 0 Å².